The van der Waals surface area contributed by atoms with Crippen LogP contribution in [-0.4, -0.2) is 25.7 Å². The van der Waals surface area contributed by atoms with Crippen molar-refractivity contribution in [2.45, 2.75) is 19.4 Å². The van der Waals surface area contributed by atoms with E-state index in [-0.39, 0.29) is 5.91 Å². The van der Waals surface area contributed by atoms with Gasteiger partial charge in [-0.15, -0.1) is 0 Å². The van der Waals surface area contributed by atoms with Crippen molar-refractivity contribution in [3.05, 3.63) is 61.2 Å². The predicted molar refractivity (Wildman–Crippen MR) is 98.5 cm³/mol. The zero-order valence-electron chi connectivity index (χ0n) is 14.5. The molecule has 0 heterocycles. The Morgan fingerprint density at radius 1 is 1.08 bits per heavy atom. The highest BCUT2D eigenvalue weighted by Gasteiger charge is 2.18. The van der Waals surface area contributed by atoms with Crippen LogP contribution in [0, 0.1) is 0 Å². The molecule has 5 nitrogen and oxygen atoms in total. The summed E-state index contributed by atoms with van der Waals surface area (Å²) in [5.74, 6) is 1.89. The lowest BCUT2D eigenvalue weighted by Crippen LogP contribution is -2.32. The number of carbonyl (C=O) groups excluding carboxylic acids is 1. The Balaban J connectivity index is 1.95. The standard InChI is InChI=1S/C20H23NO4/c1-4-14-24-17-8-6-15(7-9-17)21-20(22)19(5-2)25-18-12-10-16(23-3)11-13-18/h4,6-13,19H,1,5,14H2,2-3H3,(H,21,22). The molecule has 1 atom stereocenters. The fourth-order valence-electron chi connectivity index (χ4n) is 2.15. The first-order valence-corrected chi connectivity index (χ1v) is 8.11. The Kier molecular flexibility index (Phi) is 6.89. The topological polar surface area (TPSA) is 56.8 Å². The lowest BCUT2D eigenvalue weighted by atomic mass is 10.2. The largest absolute Gasteiger partial charge is 0.497 e. The van der Waals surface area contributed by atoms with E-state index in [0.717, 1.165) is 11.5 Å². The second kappa shape index (κ2) is 9.37. The van der Waals surface area contributed by atoms with Crippen LogP contribution >= 0.6 is 0 Å². The van der Waals surface area contributed by atoms with Crippen molar-refractivity contribution in [1.82, 2.24) is 0 Å². The minimum Gasteiger partial charge on any atom is -0.497 e. The molecule has 0 saturated carbocycles. The van der Waals surface area contributed by atoms with Crippen LogP contribution in [-0.2, 0) is 4.79 Å². The number of carbonyl (C=O) groups is 1. The van der Waals surface area contributed by atoms with Crippen molar-refractivity contribution < 1.29 is 19.0 Å². The maximum atomic E-state index is 12.4. The summed E-state index contributed by atoms with van der Waals surface area (Å²) in [6, 6.07) is 14.3. The van der Waals surface area contributed by atoms with Crippen molar-refractivity contribution in [2.75, 3.05) is 19.0 Å². The molecule has 0 bridgehead atoms. The summed E-state index contributed by atoms with van der Waals surface area (Å²) in [5.41, 5.74) is 0.688. The van der Waals surface area contributed by atoms with E-state index in [0.29, 0.717) is 24.5 Å². The first kappa shape index (κ1) is 18.4. The normalized spacial score (nSPS) is 11.3. The Bertz CT molecular complexity index is 680. The molecule has 0 radical (unpaired) electrons. The summed E-state index contributed by atoms with van der Waals surface area (Å²) >= 11 is 0. The van der Waals surface area contributed by atoms with Gasteiger partial charge in [0, 0.05) is 5.69 Å². The highest BCUT2D eigenvalue weighted by Crippen LogP contribution is 2.20. The zero-order valence-corrected chi connectivity index (χ0v) is 14.5. The molecule has 2 aromatic rings. The molecular weight excluding hydrogens is 318 g/mol. The number of rotatable bonds is 9. The number of benzene rings is 2. The quantitative estimate of drug-likeness (QED) is 0.699. The van der Waals surface area contributed by atoms with Gasteiger partial charge in [0.05, 0.1) is 7.11 Å². The third kappa shape index (κ3) is 5.57. The maximum Gasteiger partial charge on any atom is 0.265 e. The van der Waals surface area contributed by atoms with Crippen LogP contribution in [0.3, 0.4) is 0 Å². The molecule has 0 aromatic heterocycles. The van der Waals surface area contributed by atoms with Gasteiger partial charge >= 0.3 is 0 Å². The summed E-state index contributed by atoms with van der Waals surface area (Å²) in [5, 5.41) is 2.85. The van der Waals surface area contributed by atoms with Gasteiger partial charge in [-0.25, -0.2) is 0 Å². The van der Waals surface area contributed by atoms with Crippen molar-refractivity contribution in [1.29, 1.82) is 0 Å². The van der Waals surface area contributed by atoms with Gasteiger partial charge < -0.3 is 19.5 Å². The highest BCUT2D eigenvalue weighted by molar-refractivity contribution is 5.94. The van der Waals surface area contributed by atoms with Crippen LogP contribution in [0.2, 0.25) is 0 Å². The average molecular weight is 341 g/mol. The van der Waals surface area contributed by atoms with E-state index < -0.39 is 6.10 Å². The summed E-state index contributed by atoms with van der Waals surface area (Å²) in [6.07, 6.45) is 1.65. The number of nitrogens with one attached hydrogen (secondary N) is 1. The number of anilines is 1. The van der Waals surface area contributed by atoms with E-state index in [9.17, 15) is 4.79 Å². The van der Waals surface area contributed by atoms with Crippen molar-refractivity contribution in [3.8, 4) is 17.2 Å². The van der Waals surface area contributed by atoms with Gasteiger partial charge in [-0.05, 0) is 55.0 Å². The lowest BCUT2D eigenvalue weighted by Gasteiger charge is -2.17. The number of ether oxygens (including phenoxy) is 3. The average Bonchev–Trinajstić information content (AvgIpc) is 2.66. The van der Waals surface area contributed by atoms with E-state index in [4.69, 9.17) is 14.2 Å². The van der Waals surface area contributed by atoms with Gasteiger partial charge in [0.2, 0.25) is 0 Å². The van der Waals surface area contributed by atoms with Gasteiger partial charge in [0.25, 0.3) is 5.91 Å². The van der Waals surface area contributed by atoms with Crippen molar-refractivity contribution in [2.24, 2.45) is 0 Å². The van der Waals surface area contributed by atoms with Gasteiger partial charge in [0.1, 0.15) is 23.9 Å². The summed E-state index contributed by atoms with van der Waals surface area (Å²) in [6.45, 7) is 5.95. The Labute approximate surface area is 148 Å². The van der Waals surface area contributed by atoms with Crippen LogP contribution in [0.1, 0.15) is 13.3 Å². The molecule has 0 aliphatic rings. The minimum absolute atomic E-state index is 0.196. The van der Waals surface area contributed by atoms with Crippen molar-refractivity contribution >= 4 is 11.6 Å². The van der Waals surface area contributed by atoms with E-state index in [1.807, 2.05) is 6.92 Å². The maximum absolute atomic E-state index is 12.4. The number of hydrogen-bond donors (Lipinski definition) is 1. The fourth-order valence-corrected chi connectivity index (χ4v) is 2.15. The van der Waals surface area contributed by atoms with Gasteiger partial charge in [-0.1, -0.05) is 19.6 Å². The molecule has 5 heteroatoms. The molecule has 0 spiro atoms. The molecule has 1 N–H and O–H groups in total. The second-order valence-electron chi connectivity index (χ2n) is 5.30. The molecular formula is C20H23NO4. The van der Waals surface area contributed by atoms with Crippen molar-refractivity contribution in [3.63, 3.8) is 0 Å². The number of hydrogen-bond acceptors (Lipinski definition) is 4. The molecule has 1 amide bonds. The van der Waals surface area contributed by atoms with E-state index >= 15 is 0 Å². The molecule has 132 valence electrons. The van der Waals surface area contributed by atoms with Crippen LogP contribution in [0.5, 0.6) is 17.2 Å². The monoisotopic (exact) mass is 341 g/mol. The van der Waals surface area contributed by atoms with Gasteiger partial charge in [-0.3, -0.25) is 4.79 Å². The molecule has 0 aliphatic carbocycles. The molecule has 2 aromatic carbocycles. The molecule has 1 unspecified atom stereocenters. The lowest BCUT2D eigenvalue weighted by molar-refractivity contribution is -0.122. The highest BCUT2D eigenvalue weighted by atomic mass is 16.5. The first-order chi connectivity index (χ1) is 12.2. The SMILES string of the molecule is C=CCOc1ccc(NC(=O)C(CC)Oc2ccc(OC)cc2)cc1. The van der Waals surface area contributed by atoms with Gasteiger partial charge in [0.15, 0.2) is 6.10 Å². The first-order valence-electron chi connectivity index (χ1n) is 8.11. The molecule has 0 aliphatic heterocycles. The predicted octanol–water partition coefficient (Wildman–Crippen LogP) is 4.06. The molecule has 0 fully saturated rings. The Morgan fingerprint density at radius 2 is 1.68 bits per heavy atom. The third-order valence-corrected chi connectivity index (χ3v) is 3.49. The van der Waals surface area contributed by atoms with Crippen LogP contribution in [0.25, 0.3) is 0 Å². The van der Waals surface area contributed by atoms with E-state index in [2.05, 4.69) is 11.9 Å². The summed E-state index contributed by atoms with van der Waals surface area (Å²) < 4.78 is 16.3. The smallest absolute Gasteiger partial charge is 0.265 e. The van der Waals surface area contributed by atoms with Crippen LogP contribution in [0.15, 0.2) is 61.2 Å². The van der Waals surface area contributed by atoms with Crippen LogP contribution in [0.4, 0.5) is 5.69 Å². The molecule has 2 rings (SSSR count). The zero-order chi connectivity index (χ0) is 18.1. The minimum atomic E-state index is -0.579. The molecule has 0 saturated heterocycles. The molecule has 25 heavy (non-hydrogen) atoms. The van der Waals surface area contributed by atoms with E-state index in [1.165, 1.54) is 0 Å². The number of amides is 1. The van der Waals surface area contributed by atoms with E-state index in [1.54, 1.807) is 61.7 Å². The van der Waals surface area contributed by atoms with Crippen LogP contribution < -0.4 is 19.5 Å². The Morgan fingerprint density at radius 3 is 2.24 bits per heavy atom. The fraction of sp³-hybridized carbons (Fsp3) is 0.250. The Hall–Kier alpha value is -2.95. The summed E-state index contributed by atoms with van der Waals surface area (Å²) in [4.78, 5) is 12.4. The second-order valence-corrected chi connectivity index (χ2v) is 5.30. The summed E-state index contributed by atoms with van der Waals surface area (Å²) in [7, 11) is 1.60. The van der Waals surface area contributed by atoms with Gasteiger partial charge in [-0.2, -0.15) is 0 Å². The third-order valence-electron chi connectivity index (χ3n) is 3.49. The number of methoxy groups -OCH3 is 1.